The molecule has 22 heavy (non-hydrogen) atoms. The fraction of sp³-hybridized carbons (Fsp3) is 0.333. The first kappa shape index (κ1) is 16.0. The van der Waals surface area contributed by atoms with Gasteiger partial charge in [0.1, 0.15) is 0 Å². The highest BCUT2D eigenvalue weighted by molar-refractivity contribution is 5.94. The van der Waals surface area contributed by atoms with E-state index < -0.39 is 0 Å². The molecular formula is C18H23N3O. The van der Waals surface area contributed by atoms with E-state index in [1.807, 2.05) is 31.2 Å². The van der Waals surface area contributed by atoms with Gasteiger partial charge in [0.15, 0.2) is 0 Å². The van der Waals surface area contributed by atoms with Crippen LogP contribution in [0.3, 0.4) is 0 Å². The number of carbonyl (C=O) groups is 1. The zero-order chi connectivity index (χ0) is 16.2. The maximum atomic E-state index is 12.2. The smallest absolute Gasteiger partial charge is 0.253 e. The largest absolute Gasteiger partial charge is 0.379 e. The first-order valence-corrected chi connectivity index (χ1v) is 7.40. The minimum absolute atomic E-state index is 0.0711. The van der Waals surface area contributed by atoms with Crippen molar-refractivity contribution in [1.82, 2.24) is 10.3 Å². The monoisotopic (exact) mass is 297 g/mol. The molecule has 0 atom stereocenters. The van der Waals surface area contributed by atoms with E-state index in [4.69, 9.17) is 0 Å². The molecule has 4 nitrogen and oxygen atoms in total. The fourth-order valence-electron chi connectivity index (χ4n) is 2.17. The Kier molecular flexibility index (Phi) is 4.81. The number of anilines is 1. The molecule has 0 saturated heterocycles. The molecule has 1 heterocycles. The third kappa shape index (κ3) is 4.88. The van der Waals surface area contributed by atoms with Gasteiger partial charge in [-0.15, -0.1) is 0 Å². The molecule has 0 aliphatic rings. The highest BCUT2D eigenvalue weighted by atomic mass is 16.1. The summed E-state index contributed by atoms with van der Waals surface area (Å²) in [6.07, 6.45) is 3.31. The number of aromatic nitrogens is 1. The van der Waals surface area contributed by atoms with Gasteiger partial charge in [0.25, 0.3) is 5.91 Å². The Morgan fingerprint density at radius 3 is 2.64 bits per heavy atom. The van der Waals surface area contributed by atoms with E-state index in [-0.39, 0.29) is 11.4 Å². The molecule has 4 heteroatoms. The third-order valence-electron chi connectivity index (χ3n) is 3.06. The summed E-state index contributed by atoms with van der Waals surface area (Å²) in [5.74, 6) is -0.119. The molecule has 0 aliphatic heterocycles. The zero-order valence-corrected chi connectivity index (χ0v) is 13.6. The number of aryl methyl sites for hydroxylation is 1. The predicted molar refractivity (Wildman–Crippen MR) is 90.0 cm³/mol. The predicted octanol–water partition coefficient (Wildman–Crippen LogP) is 3.53. The second-order valence-corrected chi connectivity index (χ2v) is 6.51. The molecule has 1 aromatic heterocycles. The summed E-state index contributed by atoms with van der Waals surface area (Å²) in [7, 11) is 0. The first-order valence-electron chi connectivity index (χ1n) is 7.40. The maximum Gasteiger partial charge on any atom is 0.253 e. The van der Waals surface area contributed by atoms with Gasteiger partial charge in [0.2, 0.25) is 0 Å². The first-order chi connectivity index (χ1) is 10.3. The van der Waals surface area contributed by atoms with Crippen LogP contribution in [0.15, 0.2) is 42.7 Å². The Hall–Kier alpha value is -2.36. The number of nitrogens with one attached hydrogen (secondary N) is 2. The summed E-state index contributed by atoms with van der Waals surface area (Å²) in [5.41, 5.74) is 3.60. The average Bonchev–Trinajstić information content (AvgIpc) is 2.43. The van der Waals surface area contributed by atoms with Crippen molar-refractivity contribution in [3.8, 4) is 0 Å². The van der Waals surface area contributed by atoms with Crippen LogP contribution in [0.4, 0.5) is 5.69 Å². The fourth-order valence-corrected chi connectivity index (χ4v) is 2.17. The number of hydrogen-bond acceptors (Lipinski definition) is 3. The van der Waals surface area contributed by atoms with Gasteiger partial charge >= 0.3 is 0 Å². The van der Waals surface area contributed by atoms with Gasteiger partial charge < -0.3 is 10.6 Å². The minimum Gasteiger partial charge on any atom is -0.379 e. The van der Waals surface area contributed by atoms with Crippen LogP contribution in [-0.2, 0) is 6.54 Å². The number of pyridine rings is 1. The summed E-state index contributed by atoms with van der Waals surface area (Å²) in [5, 5.41) is 6.24. The van der Waals surface area contributed by atoms with Crippen molar-refractivity contribution < 1.29 is 4.79 Å². The van der Waals surface area contributed by atoms with Gasteiger partial charge in [-0.3, -0.25) is 9.78 Å². The summed E-state index contributed by atoms with van der Waals surface area (Å²) >= 11 is 0. The lowest BCUT2D eigenvalue weighted by molar-refractivity contribution is 0.0950. The summed E-state index contributed by atoms with van der Waals surface area (Å²) in [6, 6.07) is 9.92. The van der Waals surface area contributed by atoms with Crippen molar-refractivity contribution in [3.05, 3.63) is 59.4 Å². The SMILES string of the molecule is Cc1cccc(CNC(=O)c2cncc(NC(C)(C)C)c2)c1. The van der Waals surface area contributed by atoms with Crippen LogP contribution in [0.5, 0.6) is 0 Å². The molecule has 2 rings (SSSR count). The Labute approximate surface area is 132 Å². The van der Waals surface area contributed by atoms with Gasteiger partial charge in [-0.2, -0.15) is 0 Å². The highest BCUT2D eigenvalue weighted by Gasteiger charge is 2.12. The van der Waals surface area contributed by atoms with E-state index >= 15 is 0 Å². The van der Waals surface area contributed by atoms with Gasteiger partial charge in [-0.1, -0.05) is 29.8 Å². The zero-order valence-electron chi connectivity index (χ0n) is 13.6. The normalized spacial score (nSPS) is 11.1. The van der Waals surface area contributed by atoms with Gasteiger partial charge in [0.05, 0.1) is 11.3 Å². The minimum atomic E-state index is -0.119. The number of benzene rings is 1. The third-order valence-corrected chi connectivity index (χ3v) is 3.06. The van der Waals surface area contributed by atoms with Crippen LogP contribution in [0.25, 0.3) is 0 Å². The standard InChI is InChI=1S/C18H23N3O/c1-13-6-5-7-14(8-13)10-20-17(22)15-9-16(12-19-11-15)21-18(2,3)4/h5-9,11-12,21H,10H2,1-4H3,(H,20,22). The van der Waals surface area contributed by atoms with Crippen LogP contribution >= 0.6 is 0 Å². The molecule has 116 valence electrons. The lowest BCUT2D eigenvalue weighted by Gasteiger charge is -2.22. The molecular weight excluding hydrogens is 274 g/mol. The summed E-state index contributed by atoms with van der Waals surface area (Å²) in [6.45, 7) is 8.75. The molecule has 2 aromatic rings. The van der Waals surface area contributed by atoms with Gasteiger partial charge in [0, 0.05) is 24.5 Å². The van der Waals surface area contributed by atoms with Crippen molar-refractivity contribution in [3.63, 3.8) is 0 Å². The van der Waals surface area contributed by atoms with Crippen molar-refractivity contribution in [2.75, 3.05) is 5.32 Å². The van der Waals surface area contributed by atoms with E-state index in [1.54, 1.807) is 12.4 Å². The number of amides is 1. The van der Waals surface area contributed by atoms with Crippen LogP contribution in [0.2, 0.25) is 0 Å². The second-order valence-electron chi connectivity index (χ2n) is 6.51. The Morgan fingerprint density at radius 2 is 1.95 bits per heavy atom. The number of hydrogen-bond donors (Lipinski definition) is 2. The second kappa shape index (κ2) is 6.60. The molecule has 1 amide bonds. The molecule has 0 spiro atoms. The van der Waals surface area contributed by atoms with Crippen LogP contribution < -0.4 is 10.6 Å². The highest BCUT2D eigenvalue weighted by Crippen LogP contribution is 2.15. The van der Waals surface area contributed by atoms with E-state index in [0.29, 0.717) is 12.1 Å². The lowest BCUT2D eigenvalue weighted by atomic mass is 10.1. The Bertz CT molecular complexity index is 659. The van der Waals surface area contributed by atoms with Crippen molar-refractivity contribution >= 4 is 11.6 Å². The van der Waals surface area contributed by atoms with Crippen LogP contribution in [0.1, 0.15) is 42.3 Å². The van der Waals surface area contributed by atoms with Crippen molar-refractivity contribution in [2.24, 2.45) is 0 Å². The molecule has 1 aromatic carbocycles. The van der Waals surface area contributed by atoms with Gasteiger partial charge in [-0.25, -0.2) is 0 Å². The lowest BCUT2D eigenvalue weighted by Crippen LogP contribution is -2.27. The molecule has 0 bridgehead atoms. The van der Waals surface area contributed by atoms with E-state index in [9.17, 15) is 4.79 Å². The quantitative estimate of drug-likeness (QED) is 0.907. The van der Waals surface area contributed by atoms with Crippen molar-refractivity contribution in [1.29, 1.82) is 0 Å². The molecule has 0 unspecified atom stereocenters. The Morgan fingerprint density at radius 1 is 1.18 bits per heavy atom. The number of carbonyl (C=O) groups excluding carboxylic acids is 1. The summed E-state index contributed by atoms with van der Waals surface area (Å²) in [4.78, 5) is 16.4. The average molecular weight is 297 g/mol. The van der Waals surface area contributed by atoms with Crippen LogP contribution in [0, 0.1) is 6.92 Å². The van der Waals surface area contributed by atoms with Crippen molar-refractivity contribution in [2.45, 2.75) is 39.8 Å². The Balaban J connectivity index is 2.02. The van der Waals surface area contributed by atoms with E-state index in [2.05, 4.69) is 42.5 Å². The number of rotatable bonds is 4. The number of nitrogens with zero attached hydrogens (tertiary/aromatic N) is 1. The van der Waals surface area contributed by atoms with E-state index in [0.717, 1.165) is 11.3 Å². The molecule has 0 fully saturated rings. The van der Waals surface area contributed by atoms with Gasteiger partial charge in [-0.05, 0) is 39.3 Å². The summed E-state index contributed by atoms with van der Waals surface area (Å²) < 4.78 is 0. The molecule has 0 aliphatic carbocycles. The molecule has 2 N–H and O–H groups in total. The molecule has 0 radical (unpaired) electrons. The maximum absolute atomic E-state index is 12.2. The molecule has 0 saturated carbocycles. The topological polar surface area (TPSA) is 54.0 Å². The van der Waals surface area contributed by atoms with E-state index in [1.165, 1.54) is 5.56 Å². The van der Waals surface area contributed by atoms with Crippen LogP contribution in [-0.4, -0.2) is 16.4 Å².